The van der Waals surface area contributed by atoms with Crippen LogP contribution in [0.5, 0.6) is 0 Å². The van der Waals surface area contributed by atoms with Crippen molar-refractivity contribution in [3.8, 4) is 0 Å². The fourth-order valence-electron chi connectivity index (χ4n) is 3.50. The Morgan fingerprint density at radius 1 is 1.31 bits per heavy atom. The van der Waals surface area contributed by atoms with Gasteiger partial charge in [0.2, 0.25) is 0 Å². The lowest BCUT2D eigenvalue weighted by atomic mass is 9.87. The van der Waals surface area contributed by atoms with Gasteiger partial charge in [-0.1, -0.05) is 31.0 Å². The molecule has 1 fully saturated rings. The van der Waals surface area contributed by atoms with E-state index in [9.17, 15) is 22.4 Å². The zero-order valence-corrected chi connectivity index (χ0v) is 13.7. The van der Waals surface area contributed by atoms with Crippen molar-refractivity contribution >= 4 is 11.5 Å². The molecule has 0 aliphatic heterocycles. The number of benzene rings is 1. The second-order valence-corrected chi connectivity index (χ2v) is 6.40. The lowest BCUT2D eigenvalue weighted by molar-refractivity contribution is -0.137. The van der Waals surface area contributed by atoms with Crippen molar-refractivity contribution in [3.05, 3.63) is 59.0 Å². The first-order valence-electron chi connectivity index (χ1n) is 8.08. The van der Waals surface area contributed by atoms with Gasteiger partial charge in [0.15, 0.2) is 17.3 Å². The predicted octanol–water partition coefficient (Wildman–Crippen LogP) is 4.67. The third-order valence-corrected chi connectivity index (χ3v) is 4.79. The van der Waals surface area contributed by atoms with Gasteiger partial charge in [-0.15, -0.1) is 0 Å². The van der Waals surface area contributed by atoms with E-state index >= 15 is 0 Å². The maximum absolute atomic E-state index is 13.4. The first kappa shape index (κ1) is 18.1. The summed E-state index contributed by atoms with van der Waals surface area (Å²) in [4.78, 5) is 15.8. The molecule has 26 heavy (non-hydrogen) atoms. The van der Waals surface area contributed by atoms with E-state index in [0.717, 1.165) is 37.4 Å². The molecule has 136 valence electrons. The molecular weight excluding hydrogens is 350 g/mol. The number of nitrogens with zero attached hydrogens (tertiary/aromatic N) is 3. The highest BCUT2D eigenvalue weighted by atomic mass is 19.4. The summed E-state index contributed by atoms with van der Waals surface area (Å²) >= 11 is 0. The number of carbonyl (C=O) groups excluding carboxylic acids is 1. The number of rotatable bonds is 4. The highest BCUT2D eigenvalue weighted by molar-refractivity contribution is 5.89. The van der Waals surface area contributed by atoms with Gasteiger partial charge in [0.25, 0.3) is 0 Å². The molecule has 1 heterocycles. The van der Waals surface area contributed by atoms with Crippen LogP contribution in [0.25, 0.3) is 4.85 Å². The van der Waals surface area contributed by atoms with Gasteiger partial charge >= 0.3 is 6.18 Å². The smallest absolute Gasteiger partial charge is 0.297 e. The fraction of sp³-hybridized carbons (Fsp3) is 0.389. The molecule has 0 unspecified atom stereocenters. The summed E-state index contributed by atoms with van der Waals surface area (Å²) in [5.41, 5.74) is -2.41. The zero-order chi connectivity index (χ0) is 18.9. The SMILES string of the molecule is [C-]#[N+]c1ccc(CC(=O)C2(n3cc(F)cn3)CCCC2)cc1C(F)(F)F. The number of Topliss-reactive ketones (excluding diaryl/α,β-unsaturated/α-hetero) is 1. The van der Waals surface area contributed by atoms with Crippen molar-refractivity contribution in [1.29, 1.82) is 0 Å². The van der Waals surface area contributed by atoms with Crippen LogP contribution in [0.15, 0.2) is 30.6 Å². The van der Waals surface area contributed by atoms with Crippen LogP contribution in [0.4, 0.5) is 23.2 Å². The standard InChI is InChI=1S/C18H15F4N3O/c1-23-15-5-4-12(8-14(15)18(20,21)22)9-16(26)17(6-2-3-7-17)25-11-13(19)10-24-25/h4-5,8,10-11H,2-3,6-7,9H2. The number of ketones is 1. The van der Waals surface area contributed by atoms with E-state index in [1.54, 1.807) is 0 Å². The predicted molar refractivity (Wildman–Crippen MR) is 85.0 cm³/mol. The molecule has 0 saturated heterocycles. The summed E-state index contributed by atoms with van der Waals surface area (Å²) in [7, 11) is 0. The van der Waals surface area contributed by atoms with Crippen LogP contribution < -0.4 is 0 Å². The Morgan fingerprint density at radius 3 is 2.54 bits per heavy atom. The summed E-state index contributed by atoms with van der Waals surface area (Å²) in [6, 6.07) is 3.28. The van der Waals surface area contributed by atoms with Crippen LogP contribution in [0.3, 0.4) is 0 Å². The summed E-state index contributed by atoms with van der Waals surface area (Å²) < 4.78 is 54.0. The molecule has 8 heteroatoms. The Bertz CT molecular complexity index is 873. The van der Waals surface area contributed by atoms with Crippen LogP contribution >= 0.6 is 0 Å². The Balaban J connectivity index is 1.93. The van der Waals surface area contributed by atoms with Crippen LogP contribution in [0, 0.1) is 12.4 Å². The van der Waals surface area contributed by atoms with Crippen LogP contribution in [0.2, 0.25) is 0 Å². The quantitative estimate of drug-likeness (QED) is 0.583. The summed E-state index contributed by atoms with van der Waals surface area (Å²) in [5, 5.41) is 3.92. The van der Waals surface area contributed by atoms with E-state index in [1.165, 1.54) is 10.7 Å². The Morgan fingerprint density at radius 2 is 2.00 bits per heavy atom. The number of halogens is 4. The normalized spacial score (nSPS) is 16.4. The maximum atomic E-state index is 13.4. The zero-order valence-electron chi connectivity index (χ0n) is 13.7. The molecule has 1 aliphatic carbocycles. The van der Waals surface area contributed by atoms with Gasteiger partial charge in [-0.2, -0.15) is 18.3 Å². The highest BCUT2D eigenvalue weighted by Gasteiger charge is 2.43. The van der Waals surface area contributed by atoms with E-state index in [-0.39, 0.29) is 17.8 Å². The molecule has 1 aromatic heterocycles. The molecule has 0 spiro atoms. The molecule has 2 aromatic rings. The van der Waals surface area contributed by atoms with Crippen LogP contribution in [0.1, 0.15) is 36.8 Å². The largest absolute Gasteiger partial charge is 0.407 e. The second-order valence-electron chi connectivity index (χ2n) is 6.40. The highest BCUT2D eigenvalue weighted by Crippen LogP contribution is 2.40. The molecule has 0 radical (unpaired) electrons. The van der Waals surface area contributed by atoms with Gasteiger partial charge in [-0.3, -0.25) is 9.48 Å². The molecule has 1 saturated carbocycles. The van der Waals surface area contributed by atoms with Gasteiger partial charge in [0.05, 0.1) is 24.5 Å². The molecule has 3 rings (SSSR count). The van der Waals surface area contributed by atoms with Crippen molar-refractivity contribution < 1.29 is 22.4 Å². The van der Waals surface area contributed by atoms with E-state index in [2.05, 4.69) is 9.94 Å². The fourth-order valence-corrected chi connectivity index (χ4v) is 3.50. The van der Waals surface area contributed by atoms with Crippen molar-refractivity contribution in [2.45, 2.75) is 43.8 Å². The van der Waals surface area contributed by atoms with Crippen LogP contribution in [-0.2, 0) is 22.9 Å². The minimum Gasteiger partial charge on any atom is -0.297 e. The molecule has 0 atom stereocenters. The molecule has 0 bridgehead atoms. The molecule has 1 aliphatic rings. The summed E-state index contributed by atoms with van der Waals surface area (Å²) in [5.74, 6) is -0.869. The van der Waals surface area contributed by atoms with E-state index < -0.39 is 28.8 Å². The first-order valence-corrected chi connectivity index (χ1v) is 8.08. The number of carbonyl (C=O) groups is 1. The minimum absolute atomic E-state index is 0.175. The Labute approximate surface area is 147 Å². The number of hydrogen-bond acceptors (Lipinski definition) is 2. The van der Waals surface area contributed by atoms with Crippen LogP contribution in [-0.4, -0.2) is 15.6 Å². The molecule has 0 N–H and O–H groups in total. The van der Waals surface area contributed by atoms with E-state index in [1.807, 2.05) is 0 Å². The third kappa shape index (κ3) is 3.21. The van der Waals surface area contributed by atoms with Gasteiger partial charge in [-0.25, -0.2) is 9.24 Å². The van der Waals surface area contributed by atoms with Crippen molar-refractivity contribution in [3.63, 3.8) is 0 Å². The molecule has 0 amide bonds. The average molecular weight is 365 g/mol. The minimum atomic E-state index is -4.67. The van der Waals surface area contributed by atoms with Crippen molar-refractivity contribution in [1.82, 2.24) is 9.78 Å². The van der Waals surface area contributed by atoms with Crippen molar-refractivity contribution in [2.24, 2.45) is 0 Å². The lowest BCUT2D eigenvalue weighted by Gasteiger charge is -2.28. The van der Waals surface area contributed by atoms with Crippen molar-refractivity contribution in [2.75, 3.05) is 0 Å². The molecule has 1 aromatic carbocycles. The summed E-state index contributed by atoms with van der Waals surface area (Å²) in [6.07, 6.45) is -0.280. The van der Waals surface area contributed by atoms with E-state index in [4.69, 9.17) is 6.57 Å². The number of alkyl halides is 3. The first-order chi connectivity index (χ1) is 12.3. The van der Waals surface area contributed by atoms with Gasteiger partial charge in [0.1, 0.15) is 5.54 Å². The second kappa shape index (κ2) is 6.56. The molecular formula is C18H15F4N3O. The monoisotopic (exact) mass is 365 g/mol. The Kier molecular flexibility index (Phi) is 4.57. The van der Waals surface area contributed by atoms with E-state index in [0.29, 0.717) is 12.8 Å². The maximum Gasteiger partial charge on any atom is 0.407 e. The van der Waals surface area contributed by atoms with Gasteiger partial charge < -0.3 is 0 Å². The number of hydrogen-bond donors (Lipinski definition) is 0. The third-order valence-electron chi connectivity index (χ3n) is 4.79. The van der Waals surface area contributed by atoms with Gasteiger partial charge in [0, 0.05) is 6.42 Å². The number of aromatic nitrogens is 2. The average Bonchev–Trinajstić information content (AvgIpc) is 3.23. The lowest BCUT2D eigenvalue weighted by Crippen LogP contribution is -2.40. The molecule has 4 nitrogen and oxygen atoms in total. The Hall–Kier alpha value is -2.69. The van der Waals surface area contributed by atoms with Gasteiger partial charge in [-0.05, 0) is 18.4 Å². The topological polar surface area (TPSA) is 39.2 Å². The summed E-state index contributed by atoms with van der Waals surface area (Å²) in [6.45, 7) is 6.87.